The molecule has 5 heteroatoms. The lowest BCUT2D eigenvalue weighted by molar-refractivity contribution is -0.0210. The molecule has 2 aliphatic rings. The molecule has 118 valence electrons. The van der Waals surface area contributed by atoms with Gasteiger partial charge in [0.2, 0.25) is 0 Å². The summed E-state index contributed by atoms with van der Waals surface area (Å²) in [7, 11) is 0. The fourth-order valence-corrected chi connectivity index (χ4v) is 3.58. The number of likely N-dealkylation sites (tertiary alicyclic amines) is 1. The molecule has 3 heterocycles. The Hall–Kier alpha value is -0.910. The van der Waals surface area contributed by atoms with E-state index in [1.807, 2.05) is 6.20 Å². The van der Waals surface area contributed by atoms with E-state index in [-0.39, 0.29) is 0 Å². The molecule has 3 rings (SSSR count). The predicted molar refractivity (Wildman–Crippen MR) is 83.4 cm³/mol. The van der Waals surface area contributed by atoms with Crippen LogP contribution in [-0.4, -0.2) is 70.8 Å². The van der Waals surface area contributed by atoms with E-state index in [1.54, 1.807) is 0 Å². The normalized spacial score (nSPS) is 28.3. The Bertz CT molecular complexity index is 447. The number of nitrogens with zero attached hydrogens (tertiary/aromatic N) is 4. The van der Waals surface area contributed by atoms with Gasteiger partial charge >= 0.3 is 0 Å². The topological polar surface area (TPSA) is 33.5 Å². The minimum atomic E-state index is 0.390. The van der Waals surface area contributed by atoms with Crippen molar-refractivity contribution >= 4 is 0 Å². The molecule has 5 nitrogen and oxygen atoms in total. The summed E-state index contributed by atoms with van der Waals surface area (Å²) >= 11 is 0. The monoisotopic (exact) mass is 292 g/mol. The molecule has 0 aromatic carbocycles. The molecule has 0 spiro atoms. The van der Waals surface area contributed by atoms with Gasteiger partial charge in [0.05, 0.1) is 12.7 Å². The van der Waals surface area contributed by atoms with E-state index in [2.05, 4.69) is 39.4 Å². The van der Waals surface area contributed by atoms with E-state index in [0.29, 0.717) is 12.1 Å². The summed E-state index contributed by atoms with van der Waals surface area (Å²) in [5.74, 6) is 1.13. The van der Waals surface area contributed by atoms with Gasteiger partial charge in [-0.1, -0.05) is 0 Å². The lowest BCUT2D eigenvalue weighted by Gasteiger charge is -2.33. The second-order valence-corrected chi connectivity index (χ2v) is 6.44. The van der Waals surface area contributed by atoms with Gasteiger partial charge in [-0.3, -0.25) is 9.80 Å². The number of aryl methyl sites for hydroxylation is 1. The van der Waals surface area contributed by atoms with Crippen molar-refractivity contribution < 1.29 is 4.74 Å². The van der Waals surface area contributed by atoms with Crippen LogP contribution in [0.2, 0.25) is 0 Å². The van der Waals surface area contributed by atoms with Crippen molar-refractivity contribution in [3.63, 3.8) is 0 Å². The summed E-state index contributed by atoms with van der Waals surface area (Å²) in [5, 5.41) is 0. The van der Waals surface area contributed by atoms with Crippen LogP contribution in [0.25, 0.3) is 0 Å². The van der Waals surface area contributed by atoms with Gasteiger partial charge in [-0.2, -0.15) is 0 Å². The molecular weight excluding hydrogens is 264 g/mol. The van der Waals surface area contributed by atoms with Crippen molar-refractivity contribution in [3.05, 3.63) is 18.2 Å². The first-order valence-corrected chi connectivity index (χ1v) is 8.28. The highest BCUT2D eigenvalue weighted by Crippen LogP contribution is 2.19. The second kappa shape index (κ2) is 6.90. The zero-order chi connectivity index (χ0) is 14.7. The van der Waals surface area contributed by atoms with Gasteiger partial charge in [0, 0.05) is 51.2 Å². The molecule has 0 radical (unpaired) electrons. The number of ether oxygens (including phenoxy) is 1. The van der Waals surface area contributed by atoms with Crippen LogP contribution in [0.15, 0.2) is 12.4 Å². The average Bonchev–Trinajstić information content (AvgIpc) is 3.07. The number of imidazole rings is 1. The molecule has 2 fully saturated rings. The van der Waals surface area contributed by atoms with E-state index < -0.39 is 0 Å². The summed E-state index contributed by atoms with van der Waals surface area (Å²) in [6.45, 7) is 12.0. The molecule has 0 bridgehead atoms. The van der Waals surface area contributed by atoms with Gasteiger partial charge in [0.25, 0.3) is 0 Å². The smallest absolute Gasteiger partial charge is 0.105 e. The molecule has 0 saturated carbocycles. The van der Waals surface area contributed by atoms with Gasteiger partial charge in [-0.15, -0.1) is 0 Å². The van der Waals surface area contributed by atoms with Crippen molar-refractivity contribution in [2.24, 2.45) is 0 Å². The van der Waals surface area contributed by atoms with E-state index in [9.17, 15) is 0 Å². The van der Waals surface area contributed by atoms with Gasteiger partial charge in [0.15, 0.2) is 0 Å². The van der Waals surface area contributed by atoms with Crippen LogP contribution in [0.3, 0.4) is 0 Å². The molecule has 2 aliphatic heterocycles. The molecule has 0 amide bonds. The highest BCUT2D eigenvalue weighted by molar-refractivity contribution is 4.91. The molecule has 2 atom stereocenters. The molecular formula is C16H28N4O. The van der Waals surface area contributed by atoms with Crippen LogP contribution in [0, 0.1) is 6.92 Å². The standard InChI is InChI=1S/C16H28N4O/c1-14-12-18(10-11-21-14)8-9-19-6-3-4-16(19)13-20-7-5-17-15(20)2/h5,7,14,16H,3-4,6,8-13H2,1-2H3/t14-,16-/m1/s1. The van der Waals surface area contributed by atoms with Gasteiger partial charge < -0.3 is 9.30 Å². The molecule has 0 aliphatic carbocycles. The number of morpholine rings is 1. The number of hydrogen-bond donors (Lipinski definition) is 0. The maximum atomic E-state index is 5.62. The minimum Gasteiger partial charge on any atom is -0.376 e. The average molecular weight is 292 g/mol. The van der Waals surface area contributed by atoms with E-state index in [4.69, 9.17) is 4.74 Å². The fourth-order valence-electron chi connectivity index (χ4n) is 3.58. The van der Waals surface area contributed by atoms with Crippen LogP contribution in [0.5, 0.6) is 0 Å². The summed E-state index contributed by atoms with van der Waals surface area (Å²) in [6, 6.07) is 0.677. The summed E-state index contributed by atoms with van der Waals surface area (Å²) < 4.78 is 7.91. The van der Waals surface area contributed by atoms with E-state index >= 15 is 0 Å². The largest absolute Gasteiger partial charge is 0.376 e. The number of aromatic nitrogens is 2. The molecule has 1 aromatic rings. The van der Waals surface area contributed by atoms with Crippen molar-refractivity contribution in [2.75, 3.05) is 39.3 Å². The maximum Gasteiger partial charge on any atom is 0.105 e. The highest BCUT2D eigenvalue weighted by Gasteiger charge is 2.26. The van der Waals surface area contributed by atoms with Crippen LogP contribution >= 0.6 is 0 Å². The molecule has 0 N–H and O–H groups in total. The van der Waals surface area contributed by atoms with Crippen molar-refractivity contribution in [3.8, 4) is 0 Å². The van der Waals surface area contributed by atoms with E-state index in [1.165, 1.54) is 32.5 Å². The second-order valence-electron chi connectivity index (χ2n) is 6.44. The third-order valence-electron chi connectivity index (χ3n) is 4.86. The fraction of sp³-hybridized carbons (Fsp3) is 0.812. The lowest BCUT2D eigenvalue weighted by atomic mass is 10.2. The Morgan fingerprint density at radius 1 is 1.33 bits per heavy atom. The Kier molecular flexibility index (Phi) is 4.93. The SMILES string of the molecule is Cc1nccn1C[C@H]1CCCN1CCN1CCO[C@H](C)C1. The first-order valence-electron chi connectivity index (χ1n) is 8.28. The summed E-state index contributed by atoms with van der Waals surface area (Å²) in [4.78, 5) is 9.55. The molecule has 21 heavy (non-hydrogen) atoms. The van der Waals surface area contributed by atoms with Crippen LogP contribution in [0.1, 0.15) is 25.6 Å². The van der Waals surface area contributed by atoms with Crippen molar-refractivity contribution in [1.82, 2.24) is 19.4 Å². The molecule has 0 unspecified atom stereocenters. The van der Waals surface area contributed by atoms with Gasteiger partial charge in [-0.05, 0) is 33.2 Å². The zero-order valence-corrected chi connectivity index (χ0v) is 13.4. The van der Waals surface area contributed by atoms with E-state index in [0.717, 1.165) is 32.1 Å². The zero-order valence-electron chi connectivity index (χ0n) is 13.4. The number of rotatable bonds is 5. The first-order chi connectivity index (χ1) is 10.2. The van der Waals surface area contributed by atoms with Gasteiger partial charge in [-0.25, -0.2) is 4.98 Å². The maximum absolute atomic E-state index is 5.62. The molecule has 2 saturated heterocycles. The summed E-state index contributed by atoms with van der Waals surface area (Å²) in [6.07, 6.45) is 7.05. The Labute approximate surface area is 127 Å². The third kappa shape index (κ3) is 3.84. The van der Waals surface area contributed by atoms with Crippen molar-refractivity contribution in [2.45, 2.75) is 45.4 Å². The minimum absolute atomic E-state index is 0.390. The van der Waals surface area contributed by atoms with Gasteiger partial charge in [0.1, 0.15) is 5.82 Å². The molecule has 1 aromatic heterocycles. The number of hydrogen-bond acceptors (Lipinski definition) is 4. The third-order valence-corrected chi connectivity index (χ3v) is 4.86. The van der Waals surface area contributed by atoms with Crippen molar-refractivity contribution in [1.29, 1.82) is 0 Å². The van der Waals surface area contributed by atoms with Crippen LogP contribution in [0.4, 0.5) is 0 Å². The quantitative estimate of drug-likeness (QED) is 0.821. The Morgan fingerprint density at radius 3 is 3.00 bits per heavy atom. The van der Waals surface area contributed by atoms with Crippen LogP contribution < -0.4 is 0 Å². The Morgan fingerprint density at radius 2 is 2.24 bits per heavy atom. The Balaban J connectivity index is 1.49. The highest BCUT2D eigenvalue weighted by atomic mass is 16.5. The first kappa shape index (κ1) is 15.0. The predicted octanol–water partition coefficient (Wildman–Crippen LogP) is 1.38. The summed E-state index contributed by atoms with van der Waals surface area (Å²) in [5.41, 5.74) is 0. The van der Waals surface area contributed by atoms with Crippen LogP contribution in [-0.2, 0) is 11.3 Å². The lowest BCUT2D eigenvalue weighted by Crippen LogP contribution is -2.45.